The normalized spacial score (nSPS) is 18.2. The van der Waals surface area contributed by atoms with Gasteiger partial charge in [-0.15, -0.1) is 0 Å². The van der Waals surface area contributed by atoms with E-state index in [9.17, 15) is 18.3 Å². The van der Waals surface area contributed by atoms with Crippen LogP contribution < -0.4 is 10.4 Å². The molecule has 0 radical (unpaired) electrons. The first-order valence-corrected chi connectivity index (χ1v) is 5.78. The molecule has 1 unspecified atom stereocenters. The molecule has 6 heteroatoms. The number of rotatable bonds is 1. The van der Waals surface area contributed by atoms with Crippen molar-refractivity contribution in [3.63, 3.8) is 0 Å². The van der Waals surface area contributed by atoms with Crippen LogP contribution in [0.25, 0.3) is 11.8 Å². The van der Waals surface area contributed by atoms with Crippen LogP contribution in [0.5, 0.6) is 0 Å². The molecule has 1 aliphatic rings. The van der Waals surface area contributed by atoms with Crippen molar-refractivity contribution < 1.29 is 23.4 Å². The van der Waals surface area contributed by atoms with Gasteiger partial charge < -0.3 is 10.2 Å². The largest absolute Gasteiger partial charge is 0.510 e. The van der Waals surface area contributed by atoms with E-state index in [-0.39, 0.29) is 4.86 Å². The maximum atomic E-state index is 11.0. The van der Waals surface area contributed by atoms with E-state index in [0.717, 1.165) is 0 Å². The minimum absolute atomic E-state index is 0.339. The number of hydrogen-bond donors (Lipinski definition) is 2. The summed E-state index contributed by atoms with van der Waals surface area (Å²) in [4.78, 5) is 10.7. The van der Waals surface area contributed by atoms with Gasteiger partial charge in [0.15, 0.2) is 5.92 Å². The smallest absolute Gasteiger partial charge is 0.319 e. The molecule has 0 saturated carbocycles. The number of aliphatic hydroxyl groups is 1. The predicted octanol–water partition coefficient (Wildman–Crippen LogP) is -1.10. The summed E-state index contributed by atoms with van der Waals surface area (Å²) in [6.45, 7) is 0. The van der Waals surface area contributed by atoms with Crippen LogP contribution >= 0.6 is 0 Å². The molecule has 1 aliphatic carbocycles. The second kappa shape index (κ2) is 4.06. The molecule has 17 heavy (non-hydrogen) atoms. The lowest BCUT2D eigenvalue weighted by Crippen LogP contribution is -2.40. The van der Waals surface area contributed by atoms with Crippen molar-refractivity contribution in [2.45, 2.75) is 0 Å². The average molecular weight is 252 g/mol. The SMILES string of the molecule is O=C(O)C1C(O)=c2ccccc2=CC1=S(=O)=O. The van der Waals surface area contributed by atoms with Crippen molar-refractivity contribution in [3.8, 4) is 0 Å². The van der Waals surface area contributed by atoms with Crippen LogP contribution in [0.15, 0.2) is 24.3 Å². The third kappa shape index (κ3) is 1.83. The zero-order chi connectivity index (χ0) is 12.6. The standard InChI is InChI=1S/C11H8O5S/c12-10-7-4-2-1-3-6(7)5-8(17(15)16)9(10)11(13)14/h1-5,9,12H,(H,13,14). The molecule has 88 valence electrons. The Morgan fingerprint density at radius 1 is 1.24 bits per heavy atom. The maximum Gasteiger partial charge on any atom is 0.319 e. The number of carboxylic acids is 1. The molecule has 2 rings (SSSR count). The Hall–Kier alpha value is -2.08. The Bertz CT molecular complexity index is 734. The Morgan fingerprint density at radius 3 is 2.47 bits per heavy atom. The number of hydrogen-bond acceptors (Lipinski definition) is 4. The van der Waals surface area contributed by atoms with E-state index in [1.807, 2.05) is 0 Å². The molecular weight excluding hydrogens is 244 g/mol. The van der Waals surface area contributed by atoms with Gasteiger partial charge in [-0.1, -0.05) is 24.3 Å². The molecule has 1 aromatic carbocycles. The molecule has 0 amide bonds. The van der Waals surface area contributed by atoms with Gasteiger partial charge in [0.05, 0.1) is 4.86 Å². The van der Waals surface area contributed by atoms with E-state index in [1.165, 1.54) is 6.08 Å². The van der Waals surface area contributed by atoms with Crippen LogP contribution in [-0.2, 0) is 15.1 Å². The van der Waals surface area contributed by atoms with Crippen LogP contribution in [0, 0.1) is 5.92 Å². The molecule has 0 spiro atoms. The van der Waals surface area contributed by atoms with Gasteiger partial charge in [-0.2, -0.15) is 8.42 Å². The van der Waals surface area contributed by atoms with Gasteiger partial charge in [0.1, 0.15) is 5.76 Å². The number of aliphatic hydroxyl groups excluding tert-OH is 1. The van der Waals surface area contributed by atoms with Gasteiger partial charge in [0.25, 0.3) is 0 Å². The highest BCUT2D eigenvalue weighted by Crippen LogP contribution is 2.13. The third-order valence-electron chi connectivity index (χ3n) is 2.53. The highest BCUT2D eigenvalue weighted by atomic mass is 32.2. The summed E-state index contributed by atoms with van der Waals surface area (Å²) in [5, 5.41) is 19.6. The lowest BCUT2D eigenvalue weighted by atomic mass is 9.95. The number of carboxylic acid groups (broad SMARTS) is 1. The molecule has 0 aliphatic heterocycles. The van der Waals surface area contributed by atoms with Gasteiger partial charge in [0.2, 0.25) is 10.3 Å². The van der Waals surface area contributed by atoms with E-state index in [1.54, 1.807) is 24.3 Å². The van der Waals surface area contributed by atoms with Crippen molar-refractivity contribution in [2.24, 2.45) is 5.92 Å². The van der Waals surface area contributed by atoms with Crippen LogP contribution in [-0.4, -0.2) is 29.5 Å². The van der Waals surface area contributed by atoms with Gasteiger partial charge in [-0.3, -0.25) is 4.79 Å². The second-order valence-electron chi connectivity index (χ2n) is 3.53. The maximum absolute atomic E-state index is 11.0. The van der Waals surface area contributed by atoms with Crippen LogP contribution in [0.1, 0.15) is 0 Å². The molecular formula is C11H8O5S. The van der Waals surface area contributed by atoms with Crippen LogP contribution in [0.2, 0.25) is 0 Å². The van der Waals surface area contributed by atoms with Crippen LogP contribution in [0.4, 0.5) is 0 Å². The fraction of sp³-hybridized carbons (Fsp3) is 0.0909. The monoisotopic (exact) mass is 252 g/mol. The average Bonchev–Trinajstić information content (AvgIpc) is 2.28. The molecule has 1 atom stereocenters. The molecule has 0 bridgehead atoms. The van der Waals surface area contributed by atoms with E-state index in [4.69, 9.17) is 5.11 Å². The molecule has 0 aromatic heterocycles. The lowest BCUT2D eigenvalue weighted by Gasteiger charge is -2.13. The summed E-state index contributed by atoms with van der Waals surface area (Å²) < 4.78 is 21.9. The van der Waals surface area contributed by atoms with Crippen molar-refractivity contribution >= 4 is 33.0 Å². The Labute approximate surface area is 97.5 Å². The molecule has 0 saturated heterocycles. The summed E-state index contributed by atoms with van der Waals surface area (Å²) in [6, 6.07) is 6.47. The number of benzene rings is 1. The lowest BCUT2D eigenvalue weighted by molar-refractivity contribution is -0.138. The summed E-state index contributed by atoms with van der Waals surface area (Å²) in [5.41, 5.74) is 0. The highest BCUT2D eigenvalue weighted by molar-refractivity contribution is 7.74. The Balaban J connectivity index is 2.96. The molecule has 2 N–H and O–H groups in total. The van der Waals surface area contributed by atoms with Crippen LogP contribution in [0.3, 0.4) is 0 Å². The van der Waals surface area contributed by atoms with E-state index in [2.05, 4.69) is 0 Å². The first-order valence-electron chi connectivity index (χ1n) is 4.71. The van der Waals surface area contributed by atoms with Crippen molar-refractivity contribution in [3.05, 3.63) is 34.7 Å². The number of carbonyl (C=O) groups is 1. The first kappa shape index (κ1) is 11.4. The van der Waals surface area contributed by atoms with E-state index >= 15 is 0 Å². The van der Waals surface area contributed by atoms with Gasteiger partial charge in [0, 0.05) is 5.22 Å². The fourth-order valence-corrected chi connectivity index (χ4v) is 2.39. The second-order valence-corrected chi connectivity index (χ2v) is 4.47. The number of aliphatic carboxylic acids is 1. The topological polar surface area (TPSA) is 91.7 Å². The zero-order valence-corrected chi connectivity index (χ0v) is 9.31. The molecule has 1 aromatic rings. The van der Waals surface area contributed by atoms with Gasteiger partial charge in [-0.25, -0.2) is 0 Å². The quantitative estimate of drug-likeness (QED) is 0.619. The van der Waals surface area contributed by atoms with Crippen molar-refractivity contribution in [2.75, 3.05) is 0 Å². The summed E-state index contributed by atoms with van der Waals surface area (Å²) in [5.74, 6) is -3.37. The third-order valence-corrected chi connectivity index (χ3v) is 3.27. The van der Waals surface area contributed by atoms with E-state index in [0.29, 0.717) is 10.4 Å². The molecule has 0 heterocycles. The Kier molecular flexibility index (Phi) is 2.72. The minimum atomic E-state index is -2.68. The Morgan fingerprint density at radius 2 is 1.88 bits per heavy atom. The van der Waals surface area contributed by atoms with Gasteiger partial charge in [-0.05, 0) is 11.3 Å². The number of fused-ring (bicyclic) bond motifs is 1. The predicted molar refractivity (Wildman–Crippen MR) is 61.2 cm³/mol. The minimum Gasteiger partial charge on any atom is -0.510 e. The highest BCUT2D eigenvalue weighted by Gasteiger charge is 2.30. The molecule has 0 fully saturated rings. The van der Waals surface area contributed by atoms with Crippen molar-refractivity contribution in [1.82, 2.24) is 0 Å². The molecule has 5 nitrogen and oxygen atoms in total. The summed E-state index contributed by atoms with van der Waals surface area (Å²) >= 11 is 0. The fourth-order valence-electron chi connectivity index (χ4n) is 1.77. The van der Waals surface area contributed by atoms with E-state index < -0.39 is 27.9 Å². The summed E-state index contributed by atoms with van der Waals surface area (Å²) in [6.07, 6.45) is 1.26. The van der Waals surface area contributed by atoms with Crippen molar-refractivity contribution in [1.29, 1.82) is 0 Å². The van der Waals surface area contributed by atoms with Gasteiger partial charge >= 0.3 is 5.97 Å². The summed E-state index contributed by atoms with van der Waals surface area (Å²) in [7, 11) is -2.68. The first-order chi connectivity index (χ1) is 8.02. The zero-order valence-electron chi connectivity index (χ0n) is 8.49.